The number of hydrogen-bond donors (Lipinski definition) is 1. The molecule has 0 spiro atoms. The highest BCUT2D eigenvalue weighted by atomic mass is 16.2. The van der Waals surface area contributed by atoms with Gasteiger partial charge in [-0.3, -0.25) is 9.78 Å². The maximum atomic E-state index is 12.3. The molecular formula is C19H24N4O. The predicted molar refractivity (Wildman–Crippen MR) is 94.7 cm³/mol. The van der Waals surface area contributed by atoms with Crippen LogP contribution in [-0.2, 0) is 4.79 Å². The molecule has 1 amide bonds. The number of benzene rings is 1. The molecule has 126 valence electrons. The van der Waals surface area contributed by atoms with Crippen molar-refractivity contribution in [3.63, 3.8) is 0 Å². The fourth-order valence-corrected chi connectivity index (χ4v) is 3.96. The van der Waals surface area contributed by atoms with Crippen molar-refractivity contribution in [3.05, 3.63) is 30.5 Å². The van der Waals surface area contributed by atoms with Crippen molar-refractivity contribution >= 4 is 22.8 Å². The number of anilines is 1. The molecule has 1 atom stereocenters. The fourth-order valence-electron chi connectivity index (χ4n) is 3.96. The summed E-state index contributed by atoms with van der Waals surface area (Å²) in [5.74, 6) is 1.72. The maximum absolute atomic E-state index is 12.3. The third-order valence-corrected chi connectivity index (χ3v) is 5.22. The summed E-state index contributed by atoms with van der Waals surface area (Å²) in [6.07, 6.45) is 8.87. The molecule has 1 N–H and O–H groups in total. The van der Waals surface area contributed by atoms with Gasteiger partial charge in [-0.25, -0.2) is 4.98 Å². The second kappa shape index (κ2) is 6.75. The minimum Gasteiger partial charge on any atom is -0.364 e. The van der Waals surface area contributed by atoms with Crippen LogP contribution in [0, 0.1) is 5.92 Å². The van der Waals surface area contributed by atoms with Crippen LogP contribution in [-0.4, -0.2) is 39.9 Å². The Kier molecular flexibility index (Phi) is 4.32. The highest BCUT2D eigenvalue weighted by molar-refractivity contribution is 5.80. The lowest BCUT2D eigenvalue weighted by Gasteiger charge is -2.27. The first kappa shape index (κ1) is 15.4. The van der Waals surface area contributed by atoms with Gasteiger partial charge in [0, 0.05) is 19.5 Å². The number of carbonyl (C=O) groups is 1. The Hall–Kier alpha value is -2.17. The second-order valence-electron chi connectivity index (χ2n) is 7.09. The Labute approximate surface area is 142 Å². The van der Waals surface area contributed by atoms with Crippen LogP contribution in [0.25, 0.3) is 11.0 Å². The summed E-state index contributed by atoms with van der Waals surface area (Å²) in [5.41, 5.74) is 1.77. The quantitative estimate of drug-likeness (QED) is 0.938. The van der Waals surface area contributed by atoms with E-state index in [0.717, 1.165) is 29.9 Å². The van der Waals surface area contributed by atoms with Gasteiger partial charge in [-0.1, -0.05) is 31.4 Å². The molecule has 5 nitrogen and oxygen atoms in total. The normalized spacial score (nSPS) is 22.2. The molecule has 4 rings (SSSR count). The first-order chi connectivity index (χ1) is 11.8. The molecule has 2 aromatic rings. The summed E-state index contributed by atoms with van der Waals surface area (Å²) in [5, 5.41) is 3.39. The van der Waals surface area contributed by atoms with Gasteiger partial charge >= 0.3 is 0 Å². The van der Waals surface area contributed by atoms with Crippen LogP contribution in [0.5, 0.6) is 0 Å². The van der Waals surface area contributed by atoms with E-state index >= 15 is 0 Å². The molecule has 2 aliphatic rings. The number of rotatable bonds is 4. The van der Waals surface area contributed by atoms with Crippen LogP contribution in [0.15, 0.2) is 30.5 Å². The standard InChI is InChI=1S/C19H24N4O/c24-19-10-15(13-23(19)12-14-6-2-1-3-7-14)21-18-11-20-16-8-4-5-9-17(16)22-18/h4-5,8-9,11,14-15H,1-3,6-7,10,12-13H2,(H,21,22). The largest absolute Gasteiger partial charge is 0.364 e. The molecule has 2 heterocycles. The topological polar surface area (TPSA) is 58.1 Å². The molecule has 24 heavy (non-hydrogen) atoms. The van der Waals surface area contributed by atoms with Crippen molar-refractivity contribution < 1.29 is 4.79 Å². The minimum absolute atomic E-state index is 0.136. The number of hydrogen-bond acceptors (Lipinski definition) is 4. The Balaban J connectivity index is 1.38. The molecule has 1 aliphatic heterocycles. The van der Waals surface area contributed by atoms with Gasteiger partial charge in [-0.05, 0) is 30.9 Å². The van der Waals surface area contributed by atoms with E-state index in [-0.39, 0.29) is 11.9 Å². The summed E-state index contributed by atoms with van der Waals surface area (Å²) < 4.78 is 0. The number of likely N-dealkylation sites (tertiary alicyclic amines) is 1. The van der Waals surface area contributed by atoms with Gasteiger partial charge in [0.1, 0.15) is 5.82 Å². The van der Waals surface area contributed by atoms with Crippen LogP contribution in [0.4, 0.5) is 5.82 Å². The second-order valence-corrected chi connectivity index (χ2v) is 7.09. The SMILES string of the molecule is O=C1CC(Nc2cnc3ccccc3n2)CN1CC1CCCCC1. The maximum Gasteiger partial charge on any atom is 0.224 e. The number of nitrogens with one attached hydrogen (secondary N) is 1. The molecular weight excluding hydrogens is 300 g/mol. The molecule has 0 radical (unpaired) electrons. The number of aromatic nitrogens is 2. The van der Waals surface area contributed by atoms with Gasteiger partial charge in [-0.15, -0.1) is 0 Å². The Morgan fingerprint density at radius 2 is 1.92 bits per heavy atom. The summed E-state index contributed by atoms with van der Waals surface area (Å²) in [4.78, 5) is 23.4. The summed E-state index contributed by atoms with van der Waals surface area (Å²) in [6, 6.07) is 7.98. The van der Waals surface area contributed by atoms with E-state index in [1.54, 1.807) is 6.20 Å². The molecule has 1 unspecified atom stereocenters. The van der Waals surface area contributed by atoms with Crippen LogP contribution in [0.3, 0.4) is 0 Å². The van der Waals surface area contributed by atoms with Crippen LogP contribution < -0.4 is 5.32 Å². The number of nitrogens with zero attached hydrogens (tertiary/aromatic N) is 3. The molecule has 5 heteroatoms. The van der Waals surface area contributed by atoms with E-state index in [0.29, 0.717) is 12.3 Å². The number of fused-ring (bicyclic) bond motifs is 1. The number of amides is 1. The third kappa shape index (κ3) is 3.35. The number of para-hydroxylation sites is 2. The summed E-state index contributed by atoms with van der Waals surface area (Å²) >= 11 is 0. The lowest BCUT2D eigenvalue weighted by atomic mass is 9.89. The van der Waals surface area contributed by atoms with Gasteiger partial charge < -0.3 is 10.2 Å². The van der Waals surface area contributed by atoms with Crippen molar-refractivity contribution in [2.24, 2.45) is 5.92 Å². The zero-order valence-electron chi connectivity index (χ0n) is 13.9. The van der Waals surface area contributed by atoms with Crippen LogP contribution in [0.2, 0.25) is 0 Å². The Morgan fingerprint density at radius 3 is 2.75 bits per heavy atom. The third-order valence-electron chi connectivity index (χ3n) is 5.22. The van der Waals surface area contributed by atoms with Gasteiger partial charge in [-0.2, -0.15) is 0 Å². The smallest absolute Gasteiger partial charge is 0.224 e. The van der Waals surface area contributed by atoms with E-state index in [9.17, 15) is 4.79 Å². The molecule has 1 saturated carbocycles. The zero-order valence-corrected chi connectivity index (χ0v) is 13.9. The summed E-state index contributed by atoms with van der Waals surface area (Å²) in [6.45, 7) is 1.71. The van der Waals surface area contributed by atoms with Crippen molar-refractivity contribution in [2.45, 2.75) is 44.6 Å². The van der Waals surface area contributed by atoms with E-state index in [1.807, 2.05) is 29.2 Å². The average Bonchev–Trinajstić information content (AvgIpc) is 2.95. The first-order valence-electron chi connectivity index (χ1n) is 9.04. The highest BCUT2D eigenvalue weighted by Crippen LogP contribution is 2.26. The van der Waals surface area contributed by atoms with E-state index in [4.69, 9.17) is 0 Å². The molecule has 1 saturated heterocycles. The summed E-state index contributed by atoms with van der Waals surface area (Å²) in [7, 11) is 0. The monoisotopic (exact) mass is 324 g/mol. The number of carbonyl (C=O) groups excluding carboxylic acids is 1. The highest BCUT2D eigenvalue weighted by Gasteiger charge is 2.31. The van der Waals surface area contributed by atoms with Gasteiger partial charge in [0.05, 0.1) is 23.3 Å². The first-order valence-corrected chi connectivity index (χ1v) is 9.04. The predicted octanol–water partition coefficient (Wildman–Crippen LogP) is 3.22. The van der Waals surface area contributed by atoms with Crippen LogP contribution in [0.1, 0.15) is 38.5 Å². The minimum atomic E-state index is 0.136. The molecule has 1 aliphatic carbocycles. The van der Waals surface area contributed by atoms with E-state index in [1.165, 1.54) is 32.1 Å². The van der Waals surface area contributed by atoms with Crippen molar-refractivity contribution in [1.29, 1.82) is 0 Å². The van der Waals surface area contributed by atoms with E-state index < -0.39 is 0 Å². The lowest BCUT2D eigenvalue weighted by Crippen LogP contribution is -2.33. The zero-order chi connectivity index (χ0) is 16.4. The Bertz CT molecular complexity index is 726. The van der Waals surface area contributed by atoms with Crippen molar-refractivity contribution in [3.8, 4) is 0 Å². The fraction of sp³-hybridized carbons (Fsp3) is 0.526. The van der Waals surface area contributed by atoms with Crippen LogP contribution >= 0.6 is 0 Å². The average molecular weight is 324 g/mol. The van der Waals surface area contributed by atoms with E-state index in [2.05, 4.69) is 15.3 Å². The molecule has 2 fully saturated rings. The molecule has 0 bridgehead atoms. The molecule has 1 aromatic carbocycles. The Morgan fingerprint density at radius 1 is 1.12 bits per heavy atom. The van der Waals surface area contributed by atoms with Gasteiger partial charge in [0.2, 0.25) is 5.91 Å². The van der Waals surface area contributed by atoms with Gasteiger partial charge in [0.25, 0.3) is 0 Å². The van der Waals surface area contributed by atoms with Crippen molar-refractivity contribution in [2.75, 3.05) is 18.4 Å². The van der Waals surface area contributed by atoms with Crippen molar-refractivity contribution in [1.82, 2.24) is 14.9 Å². The van der Waals surface area contributed by atoms with Gasteiger partial charge in [0.15, 0.2) is 0 Å². The lowest BCUT2D eigenvalue weighted by molar-refractivity contribution is -0.128. The molecule has 1 aromatic heterocycles.